The fraction of sp³-hybridized carbons (Fsp3) is 0.500. The van der Waals surface area contributed by atoms with Crippen molar-refractivity contribution < 1.29 is 0 Å². The molecule has 0 aliphatic rings. The molecule has 0 amide bonds. The van der Waals surface area contributed by atoms with E-state index in [0.29, 0.717) is 6.04 Å². The second-order valence-corrected chi connectivity index (χ2v) is 6.45. The molecule has 0 aliphatic carbocycles. The third-order valence-electron chi connectivity index (χ3n) is 2.85. The predicted octanol–water partition coefficient (Wildman–Crippen LogP) is 5.16. The normalized spacial score (nSPS) is 12.4. The van der Waals surface area contributed by atoms with Gasteiger partial charge in [-0.1, -0.05) is 30.2 Å². The molecule has 3 heteroatoms. The van der Waals surface area contributed by atoms with Crippen molar-refractivity contribution in [3.63, 3.8) is 0 Å². The van der Waals surface area contributed by atoms with Gasteiger partial charge >= 0.3 is 0 Å². The molecular weight excluding hydrogens is 274 g/mol. The third-order valence-corrected chi connectivity index (χ3v) is 4.24. The molecule has 1 atom stereocenters. The molecule has 0 bridgehead atoms. The van der Waals surface area contributed by atoms with Crippen molar-refractivity contribution in [2.75, 3.05) is 12.3 Å². The Kier molecular flexibility index (Phi) is 8.27. The van der Waals surface area contributed by atoms with E-state index in [1.165, 1.54) is 16.9 Å². The number of nitrogens with one attached hydrogen (secondary N) is 1. The summed E-state index contributed by atoms with van der Waals surface area (Å²) >= 11 is 7.87. The van der Waals surface area contributed by atoms with Crippen LogP contribution in [0, 0.1) is 0 Å². The highest BCUT2D eigenvalue weighted by Gasteiger charge is 2.08. The monoisotopic (exact) mass is 297 g/mol. The number of hydrogen-bond donors (Lipinski definition) is 1. The first-order valence-corrected chi connectivity index (χ1v) is 8.24. The molecule has 1 aromatic rings. The number of thioether (sulfide) groups is 1. The minimum absolute atomic E-state index is 0.542. The molecule has 0 aromatic heterocycles. The van der Waals surface area contributed by atoms with Crippen LogP contribution in [0.15, 0.2) is 41.3 Å². The lowest BCUT2D eigenvalue weighted by Crippen LogP contribution is -2.32. The molecule has 0 radical (unpaired) electrons. The summed E-state index contributed by atoms with van der Waals surface area (Å²) in [7, 11) is 0. The molecule has 1 rings (SSSR count). The van der Waals surface area contributed by atoms with Crippen molar-refractivity contribution in [2.45, 2.75) is 44.0 Å². The molecule has 0 heterocycles. The zero-order valence-corrected chi connectivity index (χ0v) is 13.5. The fourth-order valence-electron chi connectivity index (χ4n) is 1.77. The summed E-state index contributed by atoms with van der Waals surface area (Å²) in [6.45, 7) is 9.37. The van der Waals surface area contributed by atoms with Crippen molar-refractivity contribution in [2.24, 2.45) is 0 Å². The maximum absolute atomic E-state index is 6.01. The average Bonchev–Trinajstić information content (AvgIpc) is 2.37. The van der Waals surface area contributed by atoms with E-state index in [9.17, 15) is 0 Å². The highest BCUT2D eigenvalue weighted by atomic mass is 35.5. The van der Waals surface area contributed by atoms with Gasteiger partial charge in [0.2, 0.25) is 0 Å². The van der Waals surface area contributed by atoms with Gasteiger partial charge in [0.1, 0.15) is 0 Å². The molecule has 1 nitrogen and oxygen atoms in total. The molecule has 0 spiro atoms. The van der Waals surface area contributed by atoms with Gasteiger partial charge in [-0.25, -0.2) is 0 Å². The molecule has 1 N–H and O–H groups in total. The largest absolute Gasteiger partial charge is 0.313 e. The van der Waals surface area contributed by atoms with Crippen LogP contribution in [0.4, 0.5) is 0 Å². The summed E-state index contributed by atoms with van der Waals surface area (Å²) in [4.78, 5) is 1.24. The zero-order chi connectivity index (χ0) is 14.1. The van der Waals surface area contributed by atoms with E-state index in [2.05, 4.69) is 31.8 Å². The van der Waals surface area contributed by atoms with Crippen LogP contribution < -0.4 is 5.32 Å². The fourth-order valence-corrected chi connectivity index (χ4v) is 3.09. The Morgan fingerprint density at radius 2 is 2.26 bits per heavy atom. The lowest BCUT2D eigenvalue weighted by atomic mass is 10.1. The summed E-state index contributed by atoms with van der Waals surface area (Å²) in [6.07, 6.45) is 3.42. The maximum atomic E-state index is 6.01. The molecule has 0 aliphatic heterocycles. The second-order valence-electron chi connectivity index (χ2n) is 4.92. The number of benzene rings is 1. The van der Waals surface area contributed by atoms with Crippen LogP contribution >= 0.6 is 23.4 Å². The van der Waals surface area contributed by atoms with Crippen LogP contribution in [0.2, 0.25) is 5.02 Å². The van der Waals surface area contributed by atoms with E-state index >= 15 is 0 Å². The van der Waals surface area contributed by atoms with Crippen LogP contribution in [0.5, 0.6) is 0 Å². The Morgan fingerprint density at radius 1 is 1.47 bits per heavy atom. The van der Waals surface area contributed by atoms with Crippen molar-refractivity contribution in [1.29, 1.82) is 0 Å². The molecule has 1 aromatic carbocycles. The van der Waals surface area contributed by atoms with Crippen molar-refractivity contribution in [3.8, 4) is 0 Å². The topological polar surface area (TPSA) is 12.0 Å². The highest BCUT2D eigenvalue weighted by molar-refractivity contribution is 7.99. The quantitative estimate of drug-likeness (QED) is 0.499. The first-order valence-electron chi connectivity index (χ1n) is 6.88. The van der Waals surface area contributed by atoms with Crippen molar-refractivity contribution in [3.05, 3.63) is 41.4 Å². The Bertz CT molecular complexity index is 392. The average molecular weight is 298 g/mol. The molecule has 106 valence electrons. The first kappa shape index (κ1) is 16.6. The van der Waals surface area contributed by atoms with Crippen LogP contribution in [0.25, 0.3) is 0 Å². The molecule has 1 unspecified atom stereocenters. The molecule has 0 saturated carbocycles. The summed E-state index contributed by atoms with van der Waals surface area (Å²) in [5.74, 6) is 1.08. The van der Waals surface area contributed by atoms with Crippen LogP contribution in [-0.2, 0) is 0 Å². The van der Waals surface area contributed by atoms with Gasteiger partial charge in [0.25, 0.3) is 0 Å². The van der Waals surface area contributed by atoms with E-state index in [4.69, 9.17) is 11.6 Å². The SMILES string of the molecule is C=C(C)CCC(CSc1cccc(Cl)c1)NCCC. The molecule has 0 fully saturated rings. The van der Waals surface area contributed by atoms with Crippen molar-refractivity contribution >= 4 is 23.4 Å². The van der Waals surface area contributed by atoms with Crippen LogP contribution in [-0.4, -0.2) is 18.3 Å². The number of hydrogen-bond acceptors (Lipinski definition) is 2. The van der Waals surface area contributed by atoms with E-state index in [-0.39, 0.29) is 0 Å². The standard InChI is InChI=1S/C16H24ClNS/c1-4-10-18-15(9-8-13(2)3)12-19-16-7-5-6-14(17)11-16/h5-7,11,15,18H,2,4,8-10,12H2,1,3H3. The summed E-state index contributed by atoms with van der Waals surface area (Å²) in [6, 6.07) is 8.61. The van der Waals surface area contributed by atoms with Gasteiger partial charge in [-0.15, -0.1) is 18.3 Å². The smallest absolute Gasteiger partial charge is 0.0417 e. The lowest BCUT2D eigenvalue weighted by molar-refractivity contribution is 0.519. The lowest BCUT2D eigenvalue weighted by Gasteiger charge is -2.18. The second kappa shape index (κ2) is 9.46. The number of allylic oxidation sites excluding steroid dienone is 1. The van der Waals surface area contributed by atoms with Gasteiger partial charge in [0.15, 0.2) is 0 Å². The molecule has 0 saturated heterocycles. The summed E-state index contributed by atoms with van der Waals surface area (Å²) < 4.78 is 0. The third kappa shape index (κ3) is 7.66. The van der Waals surface area contributed by atoms with Crippen molar-refractivity contribution in [1.82, 2.24) is 5.32 Å². The number of halogens is 1. The predicted molar refractivity (Wildman–Crippen MR) is 88.3 cm³/mol. The van der Waals surface area contributed by atoms with Gasteiger partial charge < -0.3 is 5.32 Å². The van der Waals surface area contributed by atoms with Gasteiger partial charge in [-0.2, -0.15) is 0 Å². The van der Waals surface area contributed by atoms with E-state index in [1.807, 2.05) is 30.0 Å². The van der Waals surface area contributed by atoms with E-state index < -0.39 is 0 Å². The summed E-state index contributed by atoms with van der Waals surface area (Å²) in [5, 5.41) is 4.42. The molecule has 19 heavy (non-hydrogen) atoms. The first-order chi connectivity index (χ1) is 9.11. The highest BCUT2D eigenvalue weighted by Crippen LogP contribution is 2.23. The Balaban J connectivity index is 2.44. The zero-order valence-electron chi connectivity index (χ0n) is 11.9. The van der Waals surface area contributed by atoms with Crippen LogP contribution in [0.3, 0.4) is 0 Å². The minimum atomic E-state index is 0.542. The number of rotatable bonds is 9. The molecular formula is C16H24ClNS. The Hall–Kier alpha value is -0.440. The summed E-state index contributed by atoms with van der Waals surface area (Å²) in [5.41, 5.74) is 1.26. The van der Waals surface area contributed by atoms with Gasteiger partial charge in [-0.3, -0.25) is 0 Å². The van der Waals surface area contributed by atoms with Gasteiger partial charge in [0.05, 0.1) is 0 Å². The Labute approximate surface area is 126 Å². The van der Waals surface area contributed by atoms with Gasteiger partial charge in [0, 0.05) is 21.7 Å². The Morgan fingerprint density at radius 3 is 2.89 bits per heavy atom. The minimum Gasteiger partial charge on any atom is -0.313 e. The van der Waals surface area contributed by atoms with Crippen LogP contribution in [0.1, 0.15) is 33.1 Å². The van der Waals surface area contributed by atoms with Gasteiger partial charge in [-0.05, 0) is 50.9 Å². The van der Waals surface area contributed by atoms with E-state index in [1.54, 1.807) is 0 Å². The maximum Gasteiger partial charge on any atom is 0.0417 e. The van der Waals surface area contributed by atoms with E-state index in [0.717, 1.165) is 30.2 Å².